The van der Waals surface area contributed by atoms with Crippen LogP contribution in [0.15, 0.2) is 48.5 Å². The number of hydrogen-bond donors (Lipinski definition) is 2. The maximum atomic E-state index is 12.8. The van der Waals surface area contributed by atoms with Gasteiger partial charge in [-0.25, -0.2) is 9.55 Å². The van der Waals surface area contributed by atoms with E-state index < -0.39 is 6.04 Å². The molecule has 0 spiro atoms. The quantitative estimate of drug-likeness (QED) is 0.609. The van der Waals surface area contributed by atoms with Crippen molar-refractivity contribution in [3.05, 3.63) is 58.9 Å². The molecule has 3 aromatic rings. The van der Waals surface area contributed by atoms with E-state index in [4.69, 9.17) is 17.0 Å². The summed E-state index contributed by atoms with van der Waals surface area (Å²) < 4.78 is 6.94. The zero-order chi connectivity index (χ0) is 20.4. The van der Waals surface area contributed by atoms with Crippen molar-refractivity contribution in [3.8, 4) is 5.75 Å². The Balaban J connectivity index is 1.41. The number of nitrogens with zero attached hydrogens (tertiary/aromatic N) is 2. The number of ether oxygens (including phenoxy) is 1. The van der Waals surface area contributed by atoms with Crippen LogP contribution in [0.3, 0.4) is 0 Å². The summed E-state index contributed by atoms with van der Waals surface area (Å²) in [6, 6.07) is 14.5. The van der Waals surface area contributed by atoms with Gasteiger partial charge in [0.2, 0.25) is 10.7 Å². The van der Waals surface area contributed by atoms with Crippen LogP contribution in [0.25, 0.3) is 10.9 Å². The van der Waals surface area contributed by atoms with Gasteiger partial charge < -0.3 is 15.4 Å². The van der Waals surface area contributed by atoms with E-state index in [2.05, 4.69) is 15.6 Å². The minimum absolute atomic E-state index is 0.131. The molecule has 7 nitrogen and oxygen atoms in total. The van der Waals surface area contributed by atoms with E-state index in [1.54, 1.807) is 7.11 Å². The predicted molar refractivity (Wildman–Crippen MR) is 113 cm³/mol. The smallest absolute Gasteiger partial charge is 0.257 e. The highest BCUT2D eigenvalue weighted by Crippen LogP contribution is 2.29. The summed E-state index contributed by atoms with van der Waals surface area (Å²) in [7, 11) is 1.60. The van der Waals surface area contributed by atoms with Crippen molar-refractivity contribution >= 4 is 40.8 Å². The molecule has 1 atom stereocenters. The van der Waals surface area contributed by atoms with Gasteiger partial charge in [0, 0.05) is 23.9 Å². The fraction of sp³-hybridized carbons (Fsp3) is 0.238. The van der Waals surface area contributed by atoms with Gasteiger partial charge in [-0.2, -0.15) is 0 Å². The van der Waals surface area contributed by atoms with Gasteiger partial charge in [0.1, 0.15) is 17.6 Å². The highest BCUT2D eigenvalue weighted by molar-refractivity contribution is 7.71. The van der Waals surface area contributed by atoms with Crippen LogP contribution < -0.4 is 15.4 Å². The minimum atomic E-state index is -0.513. The molecular formula is C21H20N4O3S. The van der Waals surface area contributed by atoms with Crippen molar-refractivity contribution in [3.63, 3.8) is 0 Å². The average molecular weight is 408 g/mol. The molecule has 0 fully saturated rings. The Kier molecular flexibility index (Phi) is 5.26. The number of para-hydroxylation sites is 2. The van der Waals surface area contributed by atoms with E-state index >= 15 is 0 Å². The lowest BCUT2D eigenvalue weighted by atomic mass is 10.1. The molecular weight excluding hydrogens is 388 g/mol. The maximum absolute atomic E-state index is 12.8. The summed E-state index contributed by atoms with van der Waals surface area (Å²) in [6.07, 6.45) is 0.576. The molecule has 148 valence electrons. The van der Waals surface area contributed by atoms with E-state index in [1.807, 2.05) is 48.5 Å². The molecule has 29 heavy (non-hydrogen) atoms. The van der Waals surface area contributed by atoms with Gasteiger partial charge in [0.05, 0.1) is 12.6 Å². The Hall–Kier alpha value is -3.26. The van der Waals surface area contributed by atoms with E-state index in [1.165, 1.54) is 4.57 Å². The first-order valence-corrected chi connectivity index (χ1v) is 9.70. The third-order valence-corrected chi connectivity index (χ3v) is 5.22. The van der Waals surface area contributed by atoms with E-state index in [0.29, 0.717) is 18.8 Å². The molecule has 2 aromatic carbocycles. The Morgan fingerprint density at radius 2 is 2.00 bits per heavy atom. The molecule has 0 radical (unpaired) electrons. The fourth-order valence-electron chi connectivity index (χ4n) is 3.47. The molecule has 1 amide bonds. The van der Waals surface area contributed by atoms with Crippen molar-refractivity contribution in [2.45, 2.75) is 25.4 Å². The third kappa shape index (κ3) is 3.71. The van der Waals surface area contributed by atoms with Crippen molar-refractivity contribution < 1.29 is 14.3 Å². The first kappa shape index (κ1) is 19.1. The molecule has 0 bridgehead atoms. The van der Waals surface area contributed by atoms with Crippen LogP contribution in [0.5, 0.6) is 5.75 Å². The fourth-order valence-corrected chi connectivity index (χ4v) is 3.75. The molecule has 1 aromatic heterocycles. The zero-order valence-electron chi connectivity index (χ0n) is 15.8. The van der Waals surface area contributed by atoms with Gasteiger partial charge in [-0.05, 0) is 36.8 Å². The molecule has 0 saturated carbocycles. The van der Waals surface area contributed by atoms with Crippen LogP contribution in [0.4, 0.5) is 5.82 Å². The van der Waals surface area contributed by atoms with Gasteiger partial charge >= 0.3 is 0 Å². The van der Waals surface area contributed by atoms with Crippen LogP contribution in [-0.2, 0) is 11.3 Å². The third-order valence-electron chi connectivity index (χ3n) is 4.95. The normalized spacial score (nSPS) is 15.1. The van der Waals surface area contributed by atoms with Crippen LogP contribution in [0, 0.1) is 4.77 Å². The largest absolute Gasteiger partial charge is 0.496 e. The summed E-state index contributed by atoms with van der Waals surface area (Å²) in [4.78, 5) is 29.4. The molecule has 0 saturated heterocycles. The number of rotatable bonds is 6. The SMILES string of the molecule is COc1ccccc1CNC(=O)CC[C@@H]1Nc2c3ccccc3nc(=S)n2C1=O. The number of carbonyl (C=O) groups is 2. The second-order valence-electron chi connectivity index (χ2n) is 6.76. The summed E-state index contributed by atoms with van der Waals surface area (Å²) in [5, 5.41) is 6.93. The van der Waals surface area contributed by atoms with Crippen LogP contribution in [0.2, 0.25) is 0 Å². The number of benzene rings is 2. The summed E-state index contributed by atoms with van der Waals surface area (Å²) in [5.41, 5.74) is 1.63. The monoisotopic (exact) mass is 408 g/mol. The Labute approximate surface area is 172 Å². The Bertz CT molecular complexity index is 1160. The average Bonchev–Trinajstić information content (AvgIpc) is 3.08. The minimum Gasteiger partial charge on any atom is -0.496 e. The van der Waals surface area contributed by atoms with Gasteiger partial charge in [0.25, 0.3) is 5.91 Å². The molecule has 0 unspecified atom stereocenters. The number of carbonyl (C=O) groups excluding carboxylic acids is 2. The second-order valence-corrected chi connectivity index (χ2v) is 7.12. The summed E-state index contributed by atoms with van der Waals surface area (Å²) in [6.45, 7) is 0.370. The molecule has 2 N–H and O–H groups in total. The van der Waals surface area contributed by atoms with Gasteiger partial charge in [-0.1, -0.05) is 30.3 Å². The van der Waals surface area contributed by atoms with Crippen LogP contribution in [0.1, 0.15) is 23.2 Å². The molecule has 1 aliphatic rings. The standard InChI is InChI=1S/C21H20N4O3S/c1-28-17-9-5-2-6-13(17)12-22-18(26)11-10-16-20(27)25-19(23-16)14-7-3-4-8-15(14)24-21(25)29/h2-9,16,23H,10-12H2,1H3,(H,22,26)/t16-/m0/s1. The molecule has 1 aliphatic heterocycles. The van der Waals surface area contributed by atoms with E-state index in [0.717, 1.165) is 22.2 Å². The Morgan fingerprint density at radius 3 is 2.83 bits per heavy atom. The number of fused-ring (bicyclic) bond motifs is 3. The van der Waals surface area contributed by atoms with Crippen LogP contribution in [-0.4, -0.2) is 34.5 Å². The lowest BCUT2D eigenvalue weighted by molar-refractivity contribution is -0.121. The van der Waals surface area contributed by atoms with Crippen molar-refractivity contribution in [2.24, 2.45) is 0 Å². The molecule has 8 heteroatoms. The highest BCUT2D eigenvalue weighted by Gasteiger charge is 2.31. The molecule has 4 rings (SSSR count). The second kappa shape index (κ2) is 8.00. The van der Waals surface area contributed by atoms with Gasteiger partial charge in [-0.3, -0.25) is 9.59 Å². The first-order chi connectivity index (χ1) is 14.1. The lowest BCUT2D eigenvalue weighted by Crippen LogP contribution is -2.29. The summed E-state index contributed by atoms with van der Waals surface area (Å²) in [5.74, 6) is 1.06. The zero-order valence-corrected chi connectivity index (χ0v) is 16.7. The van der Waals surface area contributed by atoms with Gasteiger partial charge in [-0.15, -0.1) is 0 Å². The Morgan fingerprint density at radius 1 is 1.24 bits per heavy atom. The van der Waals surface area contributed by atoms with Gasteiger partial charge in [0.15, 0.2) is 0 Å². The highest BCUT2D eigenvalue weighted by atomic mass is 32.1. The number of aromatic nitrogens is 2. The topological polar surface area (TPSA) is 85.2 Å². The summed E-state index contributed by atoms with van der Waals surface area (Å²) >= 11 is 5.29. The number of hydrogen-bond acceptors (Lipinski definition) is 6. The van der Waals surface area contributed by atoms with E-state index in [-0.39, 0.29) is 23.0 Å². The molecule has 2 heterocycles. The number of amides is 1. The van der Waals surface area contributed by atoms with Crippen molar-refractivity contribution in [1.82, 2.24) is 14.9 Å². The number of anilines is 1. The molecule has 0 aliphatic carbocycles. The van der Waals surface area contributed by atoms with E-state index in [9.17, 15) is 9.59 Å². The maximum Gasteiger partial charge on any atom is 0.257 e. The number of nitrogens with one attached hydrogen (secondary N) is 2. The number of methoxy groups -OCH3 is 1. The first-order valence-electron chi connectivity index (χ1n) is 9.29. The van der Waals surface area contributed by atoms with Crippen molar-refractivity contribution in [1.29, 1.82) is 0 Å². The van der Waals surface area contributed by atoms with Crippen LogP contribution >= 0.6 is 12.2 Å². The van der Waals surface area contributed by atoms with Crippen molar-refractivity contribution in [2.75, 3.05) is 12.4 Å². The predicted octanol–water partition coefficient (Wildman–Crippen LogP) is 3.31. The lowest BCUT2D eigenvalue weighted by Gasteiger charge is -2.11.